The predicted octanol–water partition coefficient (Wildman–Crippen LogP) is 2.39. The maximum absolute atomic E-state index is 12.6. The molecule has 0 bridgehead atoms. The van der Waals surface area contributed by atoms with Crippen LogP contribution >= 0.6 is 0 Å². The van der Waals surface area contributed by atoms with Gasteiger partial charge in [0, 0.05) is 25.1 Å². The molecule has 1 aromatic carbocycles. The molecule has 0 radical (unpaired) electrons. The summed E-state index contributed by atoms with van der Waals surface area (Å²) in [5.41, 5.74) is 1.40. The van der Waals surface area contributed by atoms with Crippen LogP contribution < -0.4 is 10.1 Å². The SMILES string of the molecule is COCc1nc2n(n1)CC(NC(=O)c1cc(C)c(OC(F)F)c(C)c1)CC2. The number of halogens is 2. The molecular formula is C18H22F2N4O3. The molecule has 2 heterocycles. The van der Waals surface area contributed by atoms with Crippen LogP contribution in [0.4, 0.5) is 8.78 Å². The topological polar surface area (TPSA) is 78.3 Å². The quantitative estimate of drug-likeness (QED) is 0.833. The number of aryl methyl sites for hydroxylation is 3. The van der Waals surface area contributed by atoms with Crippen molar-refractivity contribution in [1.29, 1.82) is 0 Å². The van der Waals surface area contributed by atoms with Crippen molar-refractivity contribution >= 4 is 5.91 Å². The van der Waals surface area contributed by atoms with Gasteiger partial charge < -0.3 is 14.8 Å². The number of carbonyl (C=O) groups excluding carboxylic acids is 1. The highest BCUT2D eigenvalue weighted by molar-refractivity contribution is 5.95. The Morgan fingerprint density at radius 1 is 1.37 bits per heavy atom. The van der Waals surface area contributed by atoms with E-state index in [1.165, 1.54) is 0 Å². The summed E-state index contributed by atoms with van der Waals surface area (Å²) < 4.78 is 36.4. The molecule has 1 unspecified atom stereocenters. The van der Waals surface area contributed by atoms with E-state index in [0.29, 0.717) is 42.1 Å². The average Bonchev–Trinajstić information content (AvgIpc) is 2.99. The zero-order chi connectivity index (χ0) is 19.6. The Labute approximate surface area is 155 Å². The van der Waals surface area contributed by atoms with Gasteiger partial charge in [0.05, 0.1) is 6.54 Å². The van der Waals surface area contributed by atoms with Gasteiger partial charge in [-0.2, -0.15) is 13.9 Å². The number of nitrogens with zero attached hydrogens (tertiary/aromatic N) is 3. The largest absolute Gasteiger partial charge is 0.434 e. The Bertz CT molecular complexity index is 815. The van der Waals surface area contributed by atoms with Crippen LogP contribution in [0.5, 0.6) is 5.75 Å². The van der Waals surface area contributed by atoms with Crippen molar-refractivity contribution in [1.82, 2.24) is 20.1 Å². The molecule has 2 aromatic rings. The van der Waals surface area contributed by atoms with Crippen molar-refractivity contribution < 1.29 is 23.0 Å². The average molecular weight is 380 g/mol. The van der Waals surface area contributed by atoms with Gasteiger partial charge in [0.25, 0.3) is 5.91 Å². The molecule has 1 N–H and O–H groups in total. The third kappa shape index (κ3) is 4.41. The Balaban J connectivity index is 1.68. The summed E-state index contributed by atoms with van der Waals surface area (Å²) in [4.78, 5) is 17.0. The van der Waals surface area contributed by atoms with E-state index in [1.54, 1.807) is 37.8 Å². The van der Waals surface area contributed by atoms with Gasteiger partial charge in [0.1, 0.15) is 18.2 Å². The van der Waals surface area contributed by atoms with E-state index < -0.39 is 6.61 Å². The lowest BCUT2D eigenvalue weighted by atomic mass is 10.0. The summed E-state index contributed by atoms with van der Waals surface area (Å²) in [7, 11) is 1.59. The Morgan fingerprint density at radius 2 is 2.07 bits per heavy atom. The van der Waals surface area contributed by atoms with E-state index in [-0.39, 0.29) is 17.7 Å². The molecule has 1 aliphatic rings. The fraction of sp³-hybridized carbons (Fsp3) is 0.500. The summed E-state index contributed by atoms with van der Waals surface area (Å²) in [6.07, 6.45) is 1.46. The van der Waals surface area contributed by atoms with Crippen molar-refractivity contribution in [3.8, 4) is 5.75 Å². The molecule has 1 aliphatic heterocycles. The number of fused-ring (bicyclic) bond motifs is 1. The molecule has 0 fully saturated rings. The molecule has 0 saturated heterocycles. The van der Waals surface area contributed by atoms with Crippen molar-refractivity contribution in [2.75, 3.05) is 7.11 Å². The molecule has 1 aromatic heterocycles. The first kappa shape index (κ1) is 19.2. The third-order valence-electron chi connectivity index (χ3n) is 4.44. The normalized spacial score (nSPS) is 16.3. The number of nitrogens with one attached hydrogen (secondary N) is 1. The molecule has 1 atom stereocenters. The van der Waals surface area contributed by atoms with Crippen LogP contribution in [0.25, 0.3) is 0 Å². The maximum atomic E-state index is 12.6. The summed E-state index contributed by atoms with van der Waals surface area (Å²) in [6, 6.07) is 3.03. The first-order valence-electron chi connectivity index (χ1n) is 8.65. The van der Waals surface area contributed by atoms with Gasteiger partial charge in [-0.3, -0.25) is 4.79 Å². The van der Waals surface area contributed by atoms with E-state index in [1.807, 2.05) is 0 Å². The van der Waals surface area contributed by atoms with E-state index in [2.05, 4.69) is 20.1 Å². The highest BCUT2D eigenvalue weighted by Crippen LogP contribution is 2.26. The predicted molar refractivity (Wildman–Crippen MR) is 92.9 cm³/mol. The highest BCUT2D eigenvalue weighted by atomic mass is 19.3. The minimum atomic E-state index is -2.90. The molecule has 27 heavy (non-hydrogen) atoms. The molecular weight excluding hydrogens is 358 g/mol. The third-order valence-corrected chi connectivity index (χ3v) is 4.44. The van der Waals surface area contributed by atoms with Gasteiger partial charge in [-0.25, -0.2) is 9.67 Å². The lowest BCUT2D eigenvalue weighted by molar-refractivity contribution is -0.0507. The molecule has 9 heteroatoms. The summed E-state index contributed by atoms with van der Waals surface area (Å²) >= 11 is 0. The van der Waals surface area contributed by atoms with Gasteiger partial charge >= 0.3 is 6.61 Å². The van der Waals surface area contributed by atoms with E-state index in [4.69, 9.17) is 4.74 Å². The second-order valence-corrected chi connectivity index (χ2v) is 6.59. The van der Waals surface area contributed by atoms with E-state index in [0.717, 1.165) is 12.2 Å². The number of benzene rings is 1. The highest BCUT2D eigenvalue weighted by Gasteiger charge is 2.24. The number of ether oxygens (including phenoxy) is 2. The summed E-state index contributed by atoms with van der Waals surface area (Å²) in [6.45, 7) is 1.26. The summed E-state index contributed by atoms with van der Waals surface area (Å²) in [5.74, 6) is 1.36. The molecule has 1 amide bonds. The number of rotatable bonds is 6. The number of hydrogen-bond donors (Lipinski definition) is 1. The minimum Gasteiger partial charge on any atom is -0.434 e. The monoisotopic (exact) mass is 380 g/mol. The molecule has 146 valence electrons. The minimum absolute atomic E-state index is 0.0836. The number of carbonyl (C=O) groups is 1. The van der Waals surface area contributed by atoms with Gasteiger partial charge in [-0.15, -0.1) is 0 Å². The first-order valence-corrected chi connectivity index (χ1v) is 8.65. The van der Waals surface area contributed by atoms with E-state index >= 15 is 0 Å². The fourth-order valence-electron chi connectivity index (χ4n) is 3.29. The Kier molecular flexibility index (Phi) is 5.69. The lowest BCUT2D eigenvalue weighted by Gasteiger charge is -2.24. The number of alkyl halides is 2. The molecule has 0 spiro atoms. The first-order chi connectivity index (χ1) is 12.9. The van der Waals surface area contributed by atoms with Crippen molar-refractivity contribution in [2.45, 2.75) is 52.5 Å². The molecule has 0 aliphatic carbocycles. The molecule has 7 nitrogen and oxygen atoms in total. The van der Waals surface area contributed by atoms with E-state index in [9.17, 15) is 13.6 Å². The van der Waals surface area contributed by atoms with Gasteiger partial charge in [0.2, 0.25) is 0 Å². The molecule has 3 rings (SSSR count). The summed E-state index contributed by atoms with van der Waals surface area (Å²) in [5, 5.41) is 7.36. The van der Waals surface area contributed by atoms with Crippen molar-refractivity contribution in [2.24, 2.45) is 0 Å². The Morgan fingerprint density at radius 3 is 2.70 bits per heavy atom. The van der Waals surface area contributed by atoms with Crippen LogP contribution in [-0.2, 0) is 24.3 Å². The van der Waals surface area contributed by atoms with Crippen LogP contribution in [0.3, 0.4) is 0 Å². The number of aromatic nitrogens is 3. The van der Waals surface area contributed by atoms with Crippen LogP contribution in [-0.4, -0.2) is 40.4 Å². The van der Waals surface area contributed by atoms with Crippen LogP contribution in [0.2, 0.25) is 0 Å². The van der Waals surface area contributed by atoms with Crippen LogP contribution in [0.1, 0.15) is 39.6 Å². The molecule has 0 saturated carbocycles. The Hall–Kier alpha value is -2.55. The second kappa shape index (κ2) is 7.99. The lowest BCUT2D eigenvalue weighted by Crippen LogP contribution is -2.41. The zero-order valence-electron chi connectivity index (χ0n) is 15.5. The fourth-order valence-corrected chi connectivity index (χ4v) is 3.29. The van der Waals surface area contributed by atoms with Gasteiger partial charge in [-0.1, -0.05) is 0 Å². The maximum Gasteiger partial charge on any atom is 0.387 e. The standard InChI is InChI=1S/C18H22F2N4O3/c1-10-6-12(7-11(2)16(10)27-18(19)20)17(25)21-13-4-5-15-22-14(9-26-3)23-24(15)8-13/h6-7,13,18H,4-5,8-9H2,1-3H3,(H,21,25). The zero-order valence-corrected chi connectivity index (χ0v) is 15.5. The van der Waals surface area contributed by atoms with Crippen molar-refractivity contribution in [3.05, 3.63) is 40.5 Å². The van der Waals surface area contributed by atoms with Gasteiger partial charge in [-0.05, 0) is 43.5 Å². The second-order valence-electron chi connectivity index (χ2n) is 6.59. The number of hydrogen-bond acceptors (Lipinski definition) is 5. The van der Waals surface area contributed by atoms with Crippen LogP contribution in [0.15, 0.2) is 12.1 Å². The van der Waals surface area contributed by atoms with Gasteiger partial charge in [0.15, 0.2) is 5.82 Å². The number of methoxy groups -OCH3 is 1. The van der Waals surface area contributed by atoms with Crippen molar-refractivity contribution in [3.63, 3.8) is 0 Å². The van der Waals surface area contributed by atoms with Crippen LogP contribution in [0, 0.1) is 13.8 Å². The number of amides is 1. The smallest absolute Gasteiger partial charge is 0.387 e.